The van der Waals surface area contributed by atoms with Crippen molar-refractivity contribution in [3.05, 3.63) is 24.0 Å². The zero-order valence-corrected chi connectivity index (χ0v) is 11.3. The highest BCUT2D eigenvalue weighted by molar-refractivity contribution is 7.89. The van der Waals surface area contributed by atoms with Crippen molar-refractivity contribution in [1.29, 1.82) is 5.26 Å². The predicted molar refractivity (Wildman–Crippen MR) is 66.5 cm³/mol. The van der Waals surface area contributed by atoms with E-state index in [0.717, 1.165) is 0 Å². The van der Waals surface area contributed by atoms with Gasteiger partial charge in [0.25, 0.3) is 0 Å². The number of aromatic nitrogens is 1. The molecular weight excluding hydrogens is 288 g/mol. The fourth-order valence-corrected chi connectivity index (χ4v) is 3.54. The van der Waals surface area contributed by atoms with Crippen LogP contribution in [0.4, 0.5) is 8.78 Å². The minimum atomic E-state index is -3.92. The Morgan fingerprint density at radius 2 is 2.05 bits per heavy atom. The van der Waals surface area contributed by atoms with Gasteiger partial charge >= 0.3 is 0 Å². The number of hydrogen-bond donors (Lipinski definition) is 1. The van der Waals surface area contributed by atoms with Crippen molar-refractivity contribution in [3.8, 4) is 6.07 Å². The monoisotopic (exact) mass is 301 g/mol. The average Bonchev–Trinajstić information content (AvgIpc) is 2.41. The lowest BCUT2D eigenvalue weighted by atomic mass is 9.93. The normalized spacial score (nSPS) is 19.4. The van der Waals surface area contributed by atoms with E-state index in [-0.39, 0.29) is 36.3 Å². The fourth-order valence-electron chi connectivity index (χ4n) is 2.13. The van der Waals surface area contributed by atoms with Crippen LogP contribution in [0.2, 0.25) is 0 Å². The van der Waals surface area contributed by atoms with Crippen LogP contribution in [0.5, 0.6) is 0 Å². The summed E-state index contributed by atoms with van der Waals surface area (Å²) < 4.78 is 52.7. The van der Waals surface area contributed by atoms with Crippen LogP contribution in [0.15, 0.2) is 23.2 Å². The van der Waals surface area contributed by atoms with Crippen LogP contribution in [-0.4, -0.2) is 25.4 Å². The zero-order chi connectivity index (χ0) is 14.8. The van der Waals surface area contributed by atoms with Gasteiger partial charge in [-0.05, 0) is 25.0 Å². The Morgan fingerprint density at radius 1 is 1.40 bits per heavy atom. The molecule has 1 aliphatic rings. The molecule has 108 valence electrons. The molecule has 0 amide bonds. The van der Waals surface area contributed by atoms with Gasteiger partial charge in [-0.3, -0.25) is 0 Å². The number of pyridine rings is 1. The molecule has 0 unspecified atom stereocenters. The molecule has 5 nitrogen and oxygen atoms in total. The third-order valence-electron chi connectivity index (χ3n) is 3.21. The summed E-state index contributed by atoms with van der Waals surface area (Å²) >= 11 is 0. The summed E-state index contributed by atoms with van der Waals surface area (Å²) in [4.78, 5) is 3.46. The van der Waals surface area contributed by atoms with Crippen molar-refractivity contribution in [3.63, 3.8) is 0 Å². The van der Waals surface area contributed by atoms with Crippen molar-refractivity contribution in [1.82, 2.24) is 9.71 Å². The molecule has 1 heterocycles. The van der Waals surface area contributed by atoms with Crippen LogP contribution in [-0.2, 0) is 10.0 Å². The van der Waals surface area contributed by atoms with E-state index in [1.165, 1.54) is 18.3 Å². The third-order valence-corrected chi connectivity index (χ3v) is 4.76. The van der Waals surface area contributed by atoms with Crippen molar-refractivity contribution >= 4 is 10.0 Å². The molecule has 0 aromatic carbocycles. The lowest BCUT2D eigenvalue weighted by molar-refractivity contribution is -0.0387. The molecule has 0 atom stereocenters. The first-order valence-electron chi connectivity index (χ1n) is 6.09. The average molecular weight is 301 g/mol. The Morgan fingerprint density at radius 3 is 2.65 bits per heavy atom. The van der Waals surface area contributed by atoms with E-state index in [0.29, 0.717) is 0 Å². The molecule has 1 fully saturated rings. The first-order chi connectivity index (χ1) is 9.34. The van der Waals surface area contributed by atoms with Crippen LogP contribution in [0.1, 0.15) is 31.4 Å². The van der Waals surface area contributed by atoms with E-state index in [1.54, 1.807) is 6.07 Å². The molecule has 20 heavy (non-hydrogen) atoms. The number of nitrogens with one attached hydrogen (secondary N) is 1. The van der Waals surface area contributed by atoms with Gasteiger partial charge in [0, 0.05) is 25.1 Å². The van der Waals surface area contributed by atoms with Gasteiger partial charge in [-0.15, -0.1) is 0 Å². The topological polar surface area (TPSA) is 82.8 Å². The third kappa shape index (κ3) is 3.29. The summed E-state index contributed by atoms with van der Waals surface area (Å²) in [5.74, 6) is -2.71. The number of hydrogen-bond acceptors (Lipinski definition) is 4. The van der Waals surface area contributed by atoms with Crippen molar-refractivity contribution < 1.29 is 17.2 Å². The van der Waals surface area contributed by atoms with E-state index in [4.69, 9.17) is 5.26 Å². The van der Waals surface area contributed by atoms with Gasteiger partial charge < -0.3 is 0 Å². The van der Waals surface area contributed by atoms with Gasteiger partial charge in [0.2, 0.25) is 15.9 Å². The van der Waals surface area contributed by atoms with Crippen molar-refractivity contribution in [2.45, 2.75) is 42.5 Å². The Kier molecular flexibility index (Phi) is 4.01. The molecule has 1 N–H and O–H groups in total. The first kappa shape index (κ1) is 14.8. The highest BCUT2D eigenvalue weighted by atomic mass is 32.2. The lowest BCUT2D eigenvalue weighted by Crippen LogP contribution is -2.40. The first-order valence-corrected chi connectivity index (χ1v) is 7.58. The minimum Gasteiger partial charge on any atom is -0.244 e. The van der Waals surface area contributed by atoms with E-state index in [9.17, 15) is 17.2 Å². The molecule has 0 radical (unpaired) electrons. The summed E-state index contributed by atoms with van der Waals surface area (Å²) in [7, 11) is -3.92. The van der Waals surface area contributed by atoms with Crippen LogP contribution in [0.25, 0.3) is 0 Å². The summed E-state index contributed by atoms with van der Waals surface area (Å²) in [6, 6.07) is 3.84. The Labute approximate surface area is 115 Å². The zero-order valence-electron chi connectivity index (χ0n) is 10.5. The smallest absolute Gasteiger partial charge is 0.244 e. The second-order valence-corrected chi connectivity index (χ2v) is 6.40. The predicted octanol–water partition coefficient (Wildman–Crippen LogP) is 1.81. The van der Waals surface area contributed by atoms with Crippen LogP contribution < -0.4 is 4.72 Å². The molecule has 8 heteroatoms. The molecule has 2 rings (SSSR count). The number of sulfonamides is 1. The molecule has 0 aliphatic heterocycles. The fraction of sp³-hybridized carbons (Fsp3) is 0.500. The number of nitrogens with zero attached hydrogens (tertiary/aromatic N) is 2. The maximum Gasteiger partial charge on any atom is 0.248 e. The largest absolute Gasteiger partial charge is 0.248 e. The Bertz CT molecular complexity index is 630. The second kappa shape index (κ2) is 5.42. The molecule has 0 spiro atoms. The van der Waals surface area contributed by atoms with Crippen LogP contribution >= 0.6 is 0 Å². The maximum atomic E-state index is 13.0. The quantitative estimate of drug-likeness (QED) is 0.923. The van der Waals surface area contributed by atoms with E-state index in [2.05, 4.69) is 9.71 Å². The van der Waals surface area contributed by atoms with Gasteiger partial charge in [-0.2, -0.15) is 5.26 Å². The number of alkyl halides is 2. The highest BCUT2D eigenvalue weighted by Gasteiger charge is 2.36. The number of halogens is 2. The molecule has 1 saturated carbocycles. The number of rotatable bonds is 3. The van der Waals surface area contributed by atoms with E-state index < -0.39 is 22.0 Å². The molecule has 0 saturated heterocycles. The molecule has 1 aromatic rings. The summed E-state index contributed by atoms with van der Waals surface area (Å²) in [6.45, 7) is 0. The minimum absolute atomic E-state index is 0.0778. The molecule has 1 aliphatic carbocycles. The van der Waals surface area contributed by atoms with Crippen molar-refractivity contribution in [2.24, 2.45) is 0 Å². The lowest BCUT2D eigenvalue weighted by Gasteiger charge is -2.28. The van der Waals surface area contributed by atoms with E-state index >= 15 is 0 Å². The Balaban J connectivity index is 2.15. The maximum absolute atomic E-state index is 13.0. The Hall–Kier alpha value is -1.59. The summed E-state index contributed by atoms with van der Waals surface area (Å²) in [5, 5.41) is 8.85. The molecular formula is C12H13F2N3O2S. The summed E-state index contributed by atoms with van der Waals surface area (Å²) in [6.07, 6.45) is 0.804. The van der Waals surface area contributed by atoms with Gasteiger partial charge in [0.05, 0.1) is 0 Å². The SMILES string of the molecule is N#Cc1ncccc1S(=O)(=O)NC1CCC(F)(F)CC1. The molecule has 1 aromatic heterocycles. The van der Waals surface area contributed by atoms with Crippen LogP contribution in [0.3, 0.4) is 0 Å². The van der Waals surface area contributed by atoms with Crippen LogP contribution in [0, 0.1) is 11.3 Å². The van der Waals surface area contributed by atoms with Gasteiger partial charge in [-0.25, -0.2) is 26.9 Å². The molecule has 0 bridgehead atoms. The standard InChI is InChI=1S/C12H13F2N3O2S/c13-12(14)5-3-9(4-6-12)17-20(18,19)11-2-1-7-16-10(11)8-15/h1-2,7,9,17H,3-6H2. The summed E-state index contributed by atoms with van der Waals surface area (Å²) in [5.41, 5.74) is -0.207. The van der Waals surface area contributed by atoms with Gasteiger partial charge in [0.15, 0.2) is 5.69 Å². The van der Waals surface area contributed by atoms with Crippen molar-refractivity contribution in [2.75, 3.05) is 0 Å². The van der Waals surface area contributed by atoms with Gasteiger partial charge in [-0.1, -0.05) is 0 Å². The van der Waals surface area contributed by atoms with E-state index in [1.807, 2.05) is 0 Å². The number of nitriles is 1. The highest BCUT2D eigenvalue weighted by Crippen LogP contribution is 2.33. The second-order valence-electron chi connectivity index (χ2n) is 4.71. The van der Waals surface area contributed by atoms with Gasteiger partial charge in [0.1, 0.15) is 11.0 Å².